The number of nitrogens with zero attached hydrogens (tertiary/aromatic N) is 1. The Morgan fingerprint density at radius 1 is 1.56 bits per heavy atom. The molecule has 0 aliphatic carbocycles. The quantitative estimate of drug-likeness (QED) is 0.799. The Bertz CT molecular complexity index is 439. The number of benzene rings is 1. The van der Waals surface area contributed by atoms with Crippen LogP contribution < -0.4 is 4.74 Å². The fourth-order valence-corrected chi connectivity index (χ4v) is 1.43. The minimum absolute atomic E-state index is 0.356. The average molecular weight is 284 g/mol. The predicted octanol–water partition coefficient (Wildman–Crippen LogP) is 2.26. The van der Waals surface area contributed by atoms with Crippen molar-refractivity contribution in [1.82, 2.24) is 0 Å². The lowest BCUT2D eigenvalue weighted by Gasteiger charge is -2.13. The molecule has 0 saturated heterocycles. The number of ether oxygens (including phenoxy) is 2. The van der Waals surface area contributed by atoms with E-state index in [-0.39, 0.29) is 0 Å². The number of hydrogen-bond donors (Lipinski definition) is 0. The van der Waals surface area contributed by atoms with Gasteiger partial charge in [0.25, 0.3) is 0 Å². The van der Waals surface area contributed by atoms with Crippen LogP contribution in [0.15, 0.2) is 22.7 Å². The molecule has 4 nitrogen and oxygen atoms in total. The molecule has 0 aliphatic heterocycles. The van der Waals surface area contributed by atoms with E-state index in [1.165, 1.54) is 7.11 Å². The second-order valence-electron chi connectivity index (χ2n) is 3.04. The molecule has 0 amide bonds. The van der Waals surface area contributed by atoms with Crippen molar-refractivity contribution in [3.05, 3.63) is 28.2 Å². The summed E-state index contributed by atoms with van der Waals surface area (Å²) < 4.78 is 10.6. The Kier molecular flexibility index (Phi) is 4.32. The minimum atomic E-state index is -0.744. The molecule has 0 heterocycles. The van der Waals surface area contributed by atoms with Crippen LogP contribution >= 0.6 is 15.9 Å². The summed E-state index contributed by atoms with van der Waals surface area (Å²) in [6.07, 6.45) is -0.744. The zero-order valence-corrected chi connectivity index (χ0v) is 10.4. The van der Waals surface area contributed by atoms with Gasteiger partial charge in [0.15, 0.2) is 6.10 Å². The van der Waals surface area contributed by atoms with Gasteiger partial charge < -0.3 is 9.47 Å². The number of halogens is 1. The molecule has 0 radical (unpaired) electrons. The van der Waals surface area contributed by atoms with Crippen molar-refractivity contribution in [2.24, 2.45) is 0 Å². The van der Waals surface area contributed by atoms with E-state index in [0.29, 0.717) is 11.3 Å². The zero-order valence-electron chi connectivity index (χ0n) is 8.86. The molecule has 84 valence electrons. The molecule has 16 heavy (non-hydrogen) atoms. The molecule has 0 saturated carbocycles. The highest BCUT2D eigenvalue weighted by molar-refractivity contribution is 9.10. The summed E-state index contributed by atoms with van der Waals surface area (Å²) in [4.78, 5) is 11.2. The van der Waals surface area contributed by atoms with Crippen molar-refractivity contribution in [2.45, 2.75) is 13.0 Å². The molecular formula is C11H10BrNO3. The van der Waals surface area contributed by atoms with Crippen molar-refractivity contribution in [2.75, 3.05) is 7.11 Å². The van der Waals surface area contributed by atoms with Crippen LogP contribution in [0.1, 0.15) is 12.5 Å². The second-order valence-corrected chi connectivity index (χ2v) is 3.95. The van der Waals surface area contributed by atoms with Crippen molar-refractivity contribution >= 4 is 21.9 Å². The van der Waals surface area contributed by atoms with Crippen molar-refractivity contribution in [3.8, 4) is 11.8 Å². The summed E-state index contributed by atoms with van der Waals surface area (Å²) in [5.74, 6) is -0.126. The van der Waals surface area contributed by atoms with E-state index in [4.69, 9.17) is 10.00 Å². The smallest absolute Gasteiger partial charge is 0.346 e. The average Bonchev–Trinajstić information content (AvgIpc) is 2.28. The lowest BCUT2D eigenvalue weighted by atomic mass is 10.2. The van der Waals surface area contributed by atoms with E-state index in [1.807, 2.05) is 6.07 Å². The van der Waals surface area contributed by atoms with Gasteiger partial charge in [-0.1, -0.05) is 15.9 Å². The third-order valence-electron chi connectivity index (χ3n) is 1.90. The number of carbonyl (C=O) groups is 1. The van der Waals surface area contributed by atoms with Gasteiger partial charge in [0, 0.05) is 4.47 Å². The monoisotopic (exact) mass is 283 g/mol. The Morgan fingerprint density at radius 3 is 2.81 bits per heavy atom. The normalized spacial score (nSPS) is 11.4. The van der Waals surface area contributed by atoms with E-state index in [9.17, 15) is 4.79 Å². The summed E-state index contributed by atoms with van der Waals surface area (Å²) in [5.41, 5.74) is 0.374. The number of carbonyl (C=O) groups excluding carboxylic acids is 1. The van der Waals surface area contributed by atoms with Gasteiger partial charge in [-0.25, -0.2) is 4.79 Å². The first-order chi connectivity index (χ1) is 7.58. The van der Waals surface area contributed by atoms with Crippen LogP contribution in [-0.2, 0) is 9.53 Å². The van der Waals surface area contributed by atoms with E-state index < -0.39 is 12.1 Å². The first-order valence-corrected chi connectivity index (χ1v) is 5.32. The maximum Gasteiger partial charge on any atom is 0.346 e. The molecule has 0 aromatic heterocycles. The standard InChI is InChI=1S/C11H10BrNO3/c1-7(11(14)15-2)16-10-5-9(12)4-3-8(10)6-13/h3-5,7H,1-2H3/t7-/m0/s1. The third-order valence-corrected chi connectivity index (χ3v) is 2.39. The first-order valence-electron chi connectivity index (χ1n) is 4.52. The predicted molar refractivity (Wildman–Crippen MR) is 61.0 cm³/mol. The largest absolute Gasteiger partial charge is 0.478 e. The molecule has 0 fully saturated rings. The molecule has 0 spiro atoms. The Hall–Kier alpha value is -1.54. The van der Waals surface area contributed by atoms with Crippen LogP contribution in [0, 0.1) is 11.3 Å². The van der Waals surface area contributed by atoms with Gasteiger partial charge in [0.1, 0.15) is 11.8 Å². The highest BCUT2D eigenvalue weighted by Crippen LogP contribution is 2.24. The van der Waals surface area contributed by atoms with E-state index in [0.717, 1.165) is 4.47 Å². The number of methoxy groups -OCH3 is 1. The van der Waals surface area contributed by atoms with Crippen LogP contribution in [-0.4, -0.2) is 19.2 Å². The van der Waals surface area contributed by atoms with Gasteiger partial charge in [-0.15, -0.1) is 0 Å². The highest BCUT2D eigenvalue weighted by Gasteiger charge is 2.16. The third kappa shape index (κ3) is 2.97. The molecule has 0 bridgehead atoms. The number of rotatable bonds is 3. The lowest BCUT2D eigenvalue weighted by Crippen LogP contribution is -2.25. The summed E-state index contributed by atoms with van der Waals surface area (Å²) in [6.45, 7) is 1.56. The fraction of sp³-hybridized carbons (Fsp3) is 0.273. The van der Waals surface area contributed by atoms with E-state index in [2.05, 4.69) is 20.7 Å². The zero-order chi connectivity index (χ0) is 12.1. The highest BCUT2D eigenvalue weighted by atomic mass is 79.9. The van der Waals surface area contributed by atoms with Crippen LogP contribution in [0.3, 0.4) is 0 Å². The topological polar surface area (TPSA) is 59.3 Å². The van der Waals surface area contributed by atoms with Gasteiger partial charge in [-0.3, -0.25) is 0 Å². The summed E-state index contributed by atoms with van der Waals surface area (Å²) in [6, 6.07) is 6.97. The molecule has 0 unspecified atom stereocenters. The maximum absolute atomic E-state index is 11.2. The second kappa shape index (κ2) is 5.52. The van der Waals surface area contributed by atoms with Gasteiger partial charge in [0.2, 0.25) is 0 Å². The van der Waals surface area contributed by atoms with Crippen molar-refractivity contribution in [3.63, 3.8) is 0 Å². The molecule has 1 aromatic rings. The van der Waals surface area contributed by atoms with Crippen LogP contribution in [0.5, 0.6) is 5.75 Å². The first kappa shape index (κ1) is 12.5. The summed E-state index contributed by atoms with van der Waals surface area (Å²) in [7, 11) is 1.29. The molecule has 1 aromatic carbocycles. The molecule has 0 aliphatic rings. The molecule has 1 atom stereocenters. The van der Waals surface area contributed by atoms with Crippen LogP contribution in [0.25, 0.3) is 0 Å². The molecule has 5 heteroatoms. The minimum Gasteiger partial charge on any atom is -0.478 e. The van der Waals surface area contributed by atoms with Gasteiger partial charge in [-0.2, -0.15) is 5.26 Å². The SMILES string of the molecule is COC(=O)[C@H](C)Oc1cc(Br)ccc1C#N. The Balaban J connectivity index is 2.92. The van der Waals surface area contributed by atoms with Crippen LogP contribution in [0.4, 0.5) is 0 Å². The fourth-order valence-electron chi connectivity index (χ4n) is 1.09. The van der Waals surface area contributed by atoms with Crippen molar-refractivity contribution < 1.29 is 14.3 Å². The maximum atomic E-state index is 11.2. The Morgan fingerprint density at radius 2 is 2.25 bits per heavy atom. The van der Waals surface area contributed by atoms with E-state index in [1.54, 1.807) is 25.1 Å². The molecule has 1 rings (SSSR count). The van der Waals surface area contributed by atoms with Crippen LogP contribution in [0.2, 0.25) is 0 Å². The van der Waals surface area contributed by atoms with Gasteiger partial charge in [-0.05, 0) is 25.1 Å². The number of hydrogen-bond acceptors (Lipinski definition) is 4. The lowest BCUT2D eigenvalue weighted by molar-refractivity contribution is -0.147. The van der Waals surface area contributed by atoms with E-state index >= 15 is 0 Å². The van der Waals surface area contributed by atoms with Crippen molar-refractivity contribution in [1.29, 1.82) is 5.26 Å². The molecule has 0 N–H and O–H groups in total. The molecular weight excluding hydrogens is 274 g/mol. The van der Waals surface area contributed by atoms with Gasteiger partial charge in [0.05, 0.1) is 12.7 Å². The Labute approximate surface area is 102 Å². The number of esters is 1. The summed E-state index contributed by atoms with van der Waals surface area (Å²) >= 11 is 3.26. The summed E-state index contributed by atoms with van der Waals surface area (Å²) in [5, 5.41) is 8.86. The number of nitriles is 1. The van der Waals surface area contributed by atoms with Gasteiger partial charge >= 0.3 is 5.97 Å².